The third kappa shape index (κ3) is 3.03. The Bertz CT molecular complexity index is 1130. The molecule has 10 heteroatoms. The fourth-order valence-electron chi connectivity index (χ4n) is 4.86. The summed E-state index contributed by atoms with van der Waals surface area (Å²) < 4.78 is 35.1. The Balaban J connectivity index is 1.47. The highest BCUT2D eigenvalue weighted by Crippen LogP contribution is 2.56. The van der Waals surface area contributed by atoms with Crippen LogP contribution in [0.1, 0.15) is 72.4 Å². The zero-order valence-electron chi connectivity index (χ0n) is 18.1. The Morgan fingerprint density at radius 1 is 1.38 bits per heavy atom. The highest BCUT2D eigenvalue weighted by molar-refractivity contribution is 5.95. The Kier molecular flexibility index (Phi) is 4.47. The second-order valence-electron chi connectivity index (χ2n) is 9.10. The number of hydrogen-bond donors (Lipinski definition) is 1. The van der Waals surface area contributed by atoms with E-state index >= 15 is 0 Å². The summed E-state index contributed by atoms with van der Waals surface area (Å²) in [5.74, 6) is -4.39. The molecule has 32 heavy (non-hydrogen) atoms. The van der Waals surface area contributed by atoms with Crippen LogP contribution < -0.4 is 10.6 Å². The lowest BCUT2D eigenvalue weighted by Gasteiger charge is -2.28. The van der Waals surface area contributed by atoms with E-state index in [0.29, 0.717) is 30.9 Å². The van der Waals surface area contributed by atoms with Gasteiger partial charge in [0.15, 0.2) is 0 Å². The Hall–Kier alpha value is -2.88. The van der Waals surface area contributed by atoms with Crippen LogP contribution in [0.25, 0.3) is 0 Å². The van der Waals surface area contributed by atoms with Crippen LogP contribution in [0.4, 0.5) is 14.6 Å². The molecule has 5 rings (SSSR count). The Morgan fingerprint density at radius 3 is 2.72 bits per heavy atom. The number of anilines is 1. The maximum atomic E-state index is 13.5. The predicted octanol–water partition coefficient (Wildman–Crippen LogP) is 2.88. The highest BCUT2D eigenvalue weighted by atomic mass is 19.3. The molecule has 0 spiro atoms. The molecule has 2 N–H and O–H groups in total. The zero-order chi connectivity index (χ0) is 23.0. The summed E-state index contributed by atoms with van der Waals surface area (Å²) in [6, 6.07) is 3.24. The summed E-state index contributed by atoms with van der Waals surface area (Å²) in [5, 5.41) is 4.37. The molecule has 2 aromatic rings. The first-order valence-electron chi connectivity index (χ1n) is 10.8. The monoisotopic (exact) mass is 445 g/mol. The van der Waals surface area contributed by atoms with Gasteiger partial charge in [0, 0.05) is 37.8 Å². The number of rotatable bonds is 4. The number of carbonyl (C=O) groups excluding carboxylic acids is 2. The van der Waals surface area contributed by atoms with Crippen molar-refractivity contribution in [2.45, 2.75) is 63.2 Å². The van der Waals surface area contributed by atoms with Crippen LogP contribution in [0, 0.1) is 5.92 Å². The molecule has 2 amide bonds. The molecule has 0 aromatic carbocycles. The van der Waals surface area contributed by atoms with E-state index in [-0.39, 0.29) is 18.0 Å². The molecule has 0 radical (unpaired) electrons. The zero-order valence-corrected chi connectivity index (χ0v) is 18.1. The largest absolute Gasteiger partial charge is 0.364 e. The van der Waals surface area contributed by atoms with Crippen molar-refractivity contribution in [2.75, 3.05) is 11.9 Å². The highest BCUT2D eigenvalue weighted by Gasteiger charge is 2.59. The molecular formula is C22H25F2N5O3. The van der Waals surface area contributed by atoms with Gasteiger partial charge in [0.2, 0.25) is 5.91 Å². The van der Waals surface area contributed by atoms with E-state index < -0.39 is 35.4 Å². The third-order valence-corrected chi connectivity index (χ3v) is 7.09. The summed E-state index contributed by atoms with van der Waals surface area (Å²) in [4.78, 5) is 30.8. The van der Waals surface area contributed by atoms with E-state index in [1.807, 2.05) is 13.8 Å². The van der Waals surface area contributed by atoms with Crippen LogP contribution >= 0.6 is 0 Å². The number of aromatic nitrogens is 3. The molecule has 2 aliphatic heterocycles. The van der Waals surface area contributed by atoms with Crippen LogP contribution in [0.5, 0.6) is 0 Å². The van der Waals surface area contributed by atoms with Crippen molar-refractivity contribution in [3.8, 4) is 0 Å². The lowest BCUT2D eigenvalue weighted by Crippen LogP contribution is -2.35. The quantitative estimate of drug-likeness (QED) is 0.780. The van der Waals surface area contributed by atoms with Crippen molar-refractivity contribution in [1.29, 1.82) is 0 Å². The lowest BCUT2D eigenvalue weighted by atomic mass is 9.88. The first kappa shape index (κ1) is 21.0. The van der Waals surface area contributed by atoms with Gasteiger partial charge in [0.25, 0.3) is 11.8 Å². The predicted molar refractivity (Wildman–Crippen MR) is 110 cm³/mol. The number of ether oxygens (including phenoxy) is 1. The number of primary amides is 1. The number of aryl methyl sites for hydroxylation is 1. The van der Waals surface area contributed by atoms with E-state index in [9.17, 15) is 18.4 Å². The van der Waals surface area contributed by atoms with Crippen LogP contribution in [-0.2, 0) is 21.7 Å². The molecule has 4 atom stereocenters. The van der Waals surface area contributed by atoms with Crippen molar-refractivity contribution in [3.63, 3.8) is 0 Å². The molecule has 1 saturated carbocycles. The second kappa shape index (κ2) is 6.81. The molecule has 2 unspecified atom stereocenters. The number of nitrogens with two attached hydrogens (primary N) is 1. The van der Waals surface area contributed by atoms with Crippen LogP contribution in [-0.4, -0.2) is 39.5 Å². The maximum Gasteiger partial charge on any atom is 0.267 e. The molecule has 0 bridgehead atoms. The van der Waals surface area contributed by atoms with E-state index in [0.717, 1.165) is 11.1 Å². The third-order valence-electron chi connectivity index (χ3n) is 7.09. The van der Waals surface area contributed by atoms with Crippen LogP contribution in [0.2, 0.25) is 0 Å². The van der Waals surface area contributed by atoms with Crippen molar-refractivity contribution in [2.24, 2.45) is 11.7 Å². The van der Waals surface area contributed by atoms with Crippen LogP contribution in [0.3, 0.4) is 0 Å². The number of alkyl halides is 2. The van der Waals surface area contributed by atoms with Gasteiger partial charge in [-0.25, -0.2) is 13.5 Å². The lowest BCUT2D eigenvalue weighted by molar-refractivity contribution is -0.135. The summed E-state index contributed by atoms with van der Waals surface area (Å²) in [6.07, 6.45) is 1.89. The summed E-state index contributed by atoms with van der Waals surface area (Å²) in [5.41, 5.74) is 6.78. The number of pyridine rings is 1. The summed E-state index contributed by atoms with van der Waals surface area (Å²) >= 11 is 0. The number of amides is 2. The average Bonchev–Trinajstić information content (AvgIpc) is 3.11. The molecule has 3 aliphatic rings. The van der Waals surface area contributed by atoms with E-state index in [4.69, 9.17) is 10.5 Å². The van der Waals surface area contributed by atoms with E-state index in [1.54, 1.807) is 30.1 Å². The van der Waals surface area contributed by atoms with Gasteiger partial charge < -0.3 is 10.5 Å². The maximum absolute atomic E-state index is 13.5. The average molecular weight is 445 g/mol. The fourth-order valence-corrected chi connectivity index (χ4v) is 4.86. The van der Waals surface area contributed by atoms with Crippen molar-refractivity contribution in [1.82, 2.24) is 14.8 Å². The first-order valence-corrected chi connectivity index (χ1v) is 10.8. The number of halogens is 2. The molecule has 0 saturated heterocycles. The molecular weight excluding hydrogens is 420 g/mol. The Morgan fingerprint density at radius 2 is 2.09 bits per heavy atom. The first-order chi connectivity index (χ1) is 15.1. The van der Waals surface area contributed by atoms with Crippen LogP contribution in [0.15, 0.2) is 18.3 Å². The number of carbonyl (C=O) groups is 2. The molecule has 8 nitrogen and oxygen atoms in total. The molecule has 1 fully saturated rings. The minimum Gasteiger partial charge on any atom is -0.364 e. The van der Waals surface area contributed by atoms with Crippen molar-refractivity contribution < 1.29 is 23.1 Å². The minimum absolute atomic E-state index is 0.154. The van der Waals surface area contributed by atoms with Gasteiger partial charge in [-0.05, 0) is 31.4 Å². The smallest absolute Gasteiger partial charge is 0.267 e. The molecule has 170 valence electrons. The number of hydrogen-bond acceptors (Lipinski definition) is 5. The van der Waals surface area contributed by atoms with Crippen molar-refractivity contribution in [3.05, 3.63) is 40.8 Å². The van der Waals surface area contributed by atoms with Gasteiger partial charge in [0.1, 0.15) is 11.5 Å². The van der Waals surface area contributed by atoms with Crippen molar-refractivity contribution >= 4 is 17.6 Å². The van der Waals surface area contributed by atoms with E-state index in [1.165, 1.54) is 4.90 Å². The molecule has 4 heterocycles. The van der Waals surface area contributed by atoms with Gasteiger partial charge in [-0.15, -0.1) is 0 Å². The Labute approximate surface area is 183 Å². The SMILES string of the molecule is CCC1(C)OC([C@@H]2CCn3nc([C@@H]4CC4(F)F)cc3N(C)C2=O)c2cnc(C(N)=O)cc21. The molecule has 1 aliphatic carbocycles. The van der Waals surface area contributed by atoms with Gasteiger partial charge in [-0.1, -0.05) is 6.92 Å². The minimum atomic E-state index is -2.71. The molecule has 2 aromatic heterocycles. The summed E-state index contributed by atoms with van der Waals surface area (Å²) in [6.45, 7) is 4.30. The second-order valence-corrected chi connectivity index (χ2v) is 9.10. The van der Waals surface area contributed by atoms with Gasteiger partial charge in [-0.3, -0.25) is 19.5 Å². The topological polar surface area (TPSA) is 103 Å². The van der Waals surface area contributed by atoms with Gasteiger partial charge in [-0.2, -0.15) is 5.10 Å². The standard InChI is InChI=1S/C22H25F2N5O3/c1-4-21(2)13-7-16(19(25)30)26-10-12(13)18(32-21)11-5-6-29-17(28(3)20(11)31)8-15(27-29)14-9-22(14,23)24/h7-8,10-11,14,18H,4-6,9H2,1-3H3,(H2,25,30)/t11-,14-,18?,21?/m0/s1. The fraction of sp³-hybridized carbons (Fsp3) is 0.545. The van der Waals surface area contributed by atoms with E-state index in [2.05, 4.69) is 10.1 Å². The van der Waals surface area contributed by atoms with Gasteiger partial charge in [0.05, 0.1) is 29.2 Å². The summed E-state index contributed by atoms with van der Waals surface area (Å²) in [7, 11) is 1.63. The normalized spacial score (nSPS) is 30.6. The number of fused-ring (bicyclic) bond motifs is 2. The van der Waals surface area contributed by atoms with Gasteiger partial charge >= 0.3 is 0 Å². The number of nitrogens with zero attached hydrogens (tertiary/aromatic N) is 4.